The molecule has 5 unspecified atom stereocenters. The topological polar surface area (TPSA) is 35.2 Å². The van der Waals surface area contributed by atoms with E-state index in [1.807, 2.05) is 0 Å². The van der Waals surface area contributed by atoms with Crippen LogP contribution >= 0.6 is 0 Å². The van der Waals surface area contributed by atoms with Crippen LogP contribution < -0.4 is 5.73 Å². The van der Waals surface area contributed by atoms with Crippen LogP contribution in [0, 0.1) is 11.8 Å². The normalized spacial score (nSPS) is 42.2. The van der Waals surface area contributed by atoms with Crippen molar-refractivity contribution in [3.05, 3.63) is 0 Å². The first-order valence-corrected chi connectivity index (χ1v) is 5.49. The first-order valence-electron chi connectivity index (χ1n) is 5.49. The van der Waals surface area contributed by atoms with Gasteiger partial charge in [-0.25, -0.2) is 0 Å². The van der Waals surface area contributed by atoms with Crippen LogP contribution in [0.4, 0.5) is 0 Å². The summed E-state index contributed by atoms with van der Waals surface area (Å²) in [7, 11) is 0. The van der Waals surface area contributed by atoms with Gasteiger partial charge < -0.3 is 10.5 Å². The number of nitrogens with two attached hydrogens (primary N) is 1. The molecule has 5 atom stereocenters. The van der Waals surface area contributed by atoms with Gasteiger partial charge in [-0.1, -0.05) is 20.3 Å². The molecule has 2 nitrogen and oxygen atoms in total. The number of rotatable bonds is 3. The Labute approximate surface area is 81.8 Å². The summed E-state index contributed by atoms with van der Waals surface area (Å²) in [4.78, 5) is 0. The van der Waals surface area contributed by atoms with Gasteiger partial charge in [-0.15, -0.1) is 0 Å². The average molecular weight is 185 g/mol. The van der Waals surface area contributed by atoms with Gasteiger partial charge in [0.15, 0.2) is 0 Å². The summed E-state index contributed by atoms with van der Waals surface area (Å²) in [6.45, 7) is 8.75. The van der Waals surface area contributed by atoms with Crippen molar-refractivity contribution in [2.75, 3.05) is 0 Å². The van der Waals surface area contributed by atoms with Crippen molar-refractivity contribution in [3.8, 4) is 0 Å². The fourth-order valence-electron chi connectivity index (χ4n) is 2.56. The van der Waals surface area contributed by atoms with Crippen LogP contribution in [-0.4, -0.2) is 18.2 Å². The lowest BCUT2D eigenvalue weighted by Crippen LogP contribution is -2.37. The van der Waals surface area contributed by atoms with Crippen molar-refractivity contribution < 1.29 is 4.74 Å². The summed E-state index contributed by atoms with van der Waals surface area (Å²) >= 11 is 0. The van der Waals surface area contributed by atoms with E-state index in [2.05, 4.69) is 27.7 Å². The smallest absolute Gasteiger partial charge is 0.0597 e. The third-order valence-electron chi connectivity index (χ3n) is 3.44. The average Bonchev–Trinajstić information content (AvgIpc) is 2.27. The molecule has 78 valence electrons. The van der Waals surface area contributed by atoms with Gasteiger partial charge in [0, 0.05) is 12.0 Å². The Hall–Kier alpha value is -0.0800. The zero-order chi connectivity index (χ0) is 10.0. The first-order chi connectivity index (χ1) is 6.07. The van der Waals surface area contributed by atoms with Crippen molar-refractivity contribution in [1.29, 1.82) is 0 Å². The fraction of sp³-hybridized carbons (Fsp3) is 1.00. The Morgan fingerprint density at radius 1 is 1.23 bits per heavy atom. The number of hydrogen-bond acceptors (Lipinski definition) is 2. The standard InChI is InChI=1S/C11H23NO/c1-5-6-10(12)11-7(2)8(3)13-9(11)4/h7-11H,5-6,12H2,1-4H3. The SMILES string of the molecule is CCCC(N)C1C(C)OC(C)C1C. The zero-order valence-corrected chi connectivity index (χ0v) is 9.29. The fourth-order valence-corrected chi connectivity index (χ4v) is 2.56. The predicted molar refractivity (Wildman–Crippen MR) is 55.5 cm³/mol. The Kier molecular flexibility index (Phi) is 3.74. The molecule has 2 N–H and O–H groups in total. The van der Waals surface area contributed by atoms with E-state index < -0.39 is 0 Å². The highest BCUT2D eigenvalue weighted by molar-refractivity contribution is 4.89. The molecule has 1 rings (SSSR count). The van der Waals surface area contributed by atoms with E-state index in [9.17, 15) is 0 Å². The molecule has 1 heterocycles. The molecule has 1 aliphatic heterocycles. The maximum atomic E-state index is 6.15. The minimum absolute atomic E-state index is 0.319. The van der Waals surface area contributed by atoms with E-state index in [4.69, 9.17) is 10.5 Å². The quantitative estimate of drug-likeness (QED) is 0.731. The van der Waals surface area contributed by atoms with Crippen molar-refractivity contribution >= 4 is 0 Å². The highest BCUT2D eigenvalue weighted by Crippen LogP contribution is 2.34. The van der Waals surface area contributed by atoms with E-state index in [0.29, 0.717) is 30.1 Å². The van der Waals surface area contributed by atoms with Gasteiger partial charge in [-0.2, -0.15) is 0 Å². The lowest BCUT2D eigenvalue weighted by Gasteiger charge is -2.25. The van der Waals surface area contributed by atoms with Crippen LogP contribution in [-0.2, 0) is 4.74 Å². The Morgan fingerprint density at radius 2 is 1.85 bits per heavy atom. The molecule has 0 spiro atoms. The summed E-state index contributed by atoms with van der Waals surface area (Å²) < 4.78 is 5.77. The summed E-state index contributed by atoms with van der Waals surface area (Å²) in [5.41, 5.74) is 6.15. The van der Waals surface area contributed by atoms with Crippen LogP contribution in [0.15, 0.2) is 0 Å². The summed E-state index contributed by atoms with van der Waals surface area (Å²) in [6, 6.07) is 0.319. The van der Waals surface area contributed by atoms with E-state index in [0.717, 1.165) is 6.42 Å². The molecule has 0 radical (unpaired) electrons. The summed E-state index contributed by atoms with van der Waals surface area (Å²) in [5.74, 6) is 1.16. The third kappa shape index (κ3) is 2.23. The molecule has 0 aromatic carbocycles. The second-order valence-corrected chi connectivity index (χ2v) is 4.44. The molecule has 0 bridgehead atoms. The molecule has 0 amide bonds. The maximum Gasteiger partial charge on any atom is 0.0597 e. The van der Waals surface area contributed by atoms with Crippen molar-refractivity contribution in [2.24, 2.45) is 17.6 Å². The van der Waals surface area contributed by atoms with Gasteiger partial charge in [0.2, 0.25) is 0 Å². The van der Waals surface area contributed by atoms with Crippen molar-refractivity contribution in [3.63, 3.8) is 0 Å². The molecular formula is C11H23NO. The lowest BCUT2D eigenvalue weighted by atomic mass is 9.82. The zero-order valence-electron chi connectivity index (χ0n) is 9.29. The molecule has 0 saturated carbocycles. The van der Waals surface area contributed by atoms with Gasteiger partial charge in [-0.05, 0) is 26.2 Å². The molecular weight excluding hydrogens is 162 g/mol. The minimum Gasteiger partial charge on any atom is -0.375 e. The molecule has 1 fully saturated rings. The first kappa shape index (κ1) is 11.0. The van der Waals surface area contributed by atoms with E-state index >= 15 is 0 Å². The molecule has 0 aliphatic carbocycles. The Balaban J connectivity index is 2.56. The Morgan fingerprint density at radius 3 is 2.23 bits per heavy atom. The van der Waals surface area contributed by atoms with Gasteiger partial charge in [0.1, 0.15) is 0 Å². The highest BCUT2D eigenvalue weighted by Gasteiger charge is 2.39. The molecule has 0 aromatic rings. The monoisotopic (exact) mass is 185 g/mol. The molecule has 1 saturated heterocycles. The van der Waals surface area contributed by atoms with Crippen LogP contribution in [0.2, 0.25) is 0 Å². The van der Waals surface area contributed by atoms with Crippen molar-refractivity contribution in [2.45, 2.75) is 58.8 Å². The van der Waals surface area contributed by atoms with E-state index in [-0.39, 0.29) is 0 Å². The molecule has 1 aliphatic rings. The number of ether oxygens (including phenoxy) is 1. The van der Waals surface area contributed by atoms with Crippen LogP contribution in [0.5, 0.6) is 0 Å². The molecule has 0 aromatic heterocycles. The largest absolute Gasteiger partial charge is 0.375 e. The van der Waals surface area contributed by atoms with Crippen LogP contribution in [0.3, 0.4) is 0 Å². The van der Waals surface area contributed by atoms with E-state index in [1.165, 1.54) is 6.42 Å². The summed E-state index contributed by atoms with van der Waals surface area (Å²) in [6.07, 6.45) is 3.01. The van der Waals surface area contributed by atoms with Gasteiger partial charge in [0.05, 0.1) is 12.2 Å². The van der Waals surface area contributed by atoms with Gasteiger partial charge >= 0.3 is 0 Å². The summed E-state index contributed by atoms with van der Waals surface area (Å²) in [5, 5.41) is 0. The Bertz CT molecular complexity index is 160. The van der Waals surface area contributed by atoms with Gasteiger partial charge in [-0.3, -0.25) is 0 Å². The minimum atomic E-state index is 0.319. The maximum absolute atomic E-state index is 6.15. The second-order valence-electron chi connectivity index (χ2n) is 4.44. The number of hydrogen-bond donors (Lipinski definition) is 1. The van der Waals surface area contributed by atoms with E-state index in [1.54, 1.807) is 0 Å². The van der Waals surface area contributed by atoms with Crippen LogP contribution in [0.1, 0.15) is 40.5 Å². The van der Waals surface area contributed by atoms with Crippen LogP contribution in [0.25, 0.3) is 0 Å². The second kappa shape index (κ2) is 4.43. The molecule has 2 heteroatoms. The van der Waals surface area contributed by atoms with Gasteiger partial charge in [0.25, 0.3) is 0 Å². The van der Waals surface area contributed by atoms with Crippen molar-refractivity contribution in [1.82, 2.24) is 0 Å². The lowest BCUT2D eigenvalue weighted by molar-refractivity contribution is 0.0487. The predicted octanol–water partition coefficient (Wildman–Crippen LogP) is 2.17. The molecule has 13 heavy (non-hydrogen) atoms. The highest BCUT2D eigenvalue weighted by atomic mass is 16.5. The third-order valence-corrected chi connectivity index (χ3v) is 3.44.